The fourth-order valence-electron chi connectivity index (χ4n) is 1.54. The molecule has 0 amide bonds. The number of hydrogen-bond acceptors (Lipinski definition) is 4. The zero-order valence-electron chi connectivity index (χ0n) is 12.0. The molecule has 104 valence electrons. The highest BCUT2D eigenvalue weighted by atomic mass is 16.5. The maximum Gasteiger partial charge on any atom is 0.136 e. The van der Waals surface area contributed by atoms with Gasteiger partial charge in [0.2, 0.25) is 0 Å². The Labute approximate surface area is 114 Å². The van der Waals surface area contributed by atoms with Crippen molar-refractivity contribution < 1.29 is 14.2 Å². The molecule has 0 unspecified atom stereocenters. The van der Waals surface area contributed by atoms with Gasteiger partial charge >= 0.3 is 0 Å². The number of rotatable bonds is 7. The number of hydrogen-bond donors (Lipinski definition) is 0. The molecule has 0 bridgehead atoms. The Balaban J connectivity index is 2.49. The van der Waals surface area contributed by atoms with E-state index in [1.165, 1.54) is 0 Å². The van der Waals surface area contributed by atoms with Crippen LogP contribution in [0.3, 0.4) is 0 Å². The van der Waals surface area contributed by atoms with Crippen molar-refractivity contribution in [3.63, 3.8) is 0 Å². The second kappa shape index (κ2) is 7.13. The zero-order valence-corrected chi connectivity index (χ0v) is 12.0. The van der Waals surface area contributed by atoms with Crippen LogP contribution in [0.5, 0.6) is 5.75 Å². The molecule has 0 atom stereocenters. The van der Waals surface area contributed by atoms with Crippen LogP contribution in [0, 0.1) is 11.3 Å². The van der Waals surface area contributed by atoms with Crippen LogP contribution >= 0.6 is 0 Å². The van der Waals surface area contributed by atoms with Gasteiger partial charge in [0.25, 0.3) is 0 Å². The van der Waals surface area contributed by atoms with Crippen molar-refractivity contribution in [3.05, 3.63) is 29.3 Å². The highest BCUT2D eigenvalue weighted by molar-refractivity contribution is 5.45. The van der Waals surface area contributed by atoms with E-state index >= 15 is 0 Å². The van der Waals surface area contributed by atoms with Gasteiger partial charge in [-0.15, -0.1) is 0 Å². The predicted octanol–water partition coefficient (Wildman–Crippen LogP) is 2.90. The normalized spacial score (nSPS) is 11.1. The van der Waals surface area contributed by atoms with E-state index in [1.807, 2.05) is 19.9 Å². The zero-order chi connectivity index (χ0) is 14.3. The Morgan fingerprint density at radius 1 is 1.26 bits per heavy atom. The van der Waals surface area contributed by atoms with Gasteiger partial charge in [0.15, 0.2) is 0 Å². The average molecular weight is 263 g/mol. The molecule has 1 aromatic rings. The lowest BCUT2D eigenvalue weighted by molar-refractivity contribution is -0.0124. The number of nitrogens with zero attached hydrogens (tertiary/aromatic N) is 1. The van der Waals surface area contributed by atoms with Gasteiger partial charge in [-0.1, -0.05) is 6.07 Å². The summed E-state index contributed by atoms with van der Waals surface area (Å²) < 4.78 is 16.0. The number of benzene rings is 1. The van der Waals surface area contributed by atoms with Crippen LogP contribution in [0.2, 0.25) is 0 Å². The summed E-state index contributed by atoms with van der Waals surface area (Å²) in [5.74, 6) is 0.590. The molecule has 0 saturated carbocycles. The summed E-state index contributed by atoms with van der Waals surface area (Å²) in [4.78, 5) is 0. The monoisotopic (exact) mass is 263 g/mol. The Morgan fingerprint density at radius 3 is 2.58 bits per heavy atom. The van der Waals surface area contributed by atoms with Crippen molar-refractivity contribution in [2.45, 2.75) is 32.5 Å². The van der Waals surface area contributed by atoms with Crippen LogP contribution in [0.1, 0.15) is 31.4 Å². The third-order valence-electron chi connectivity index (χ3n) is 3.05. The third-order valence-corrected chi connectivity index (χ3v) is 3.05. The molecule has 0 aromatic heterocycles. The lowest BCUT2D eigenvalue weighted by Gasteiger charge is -2.22. The first-order chi connectivity index (χ1) is 9.02. The summed E-state index contributed by atoms with van der Waals surface area (Å²) in [5, 5.41) is 9.00. The van der Waals surface area contributed by atoms with Gasteiger partial charge in [-0.3, -0.25) is 0 Å². The summed E-state index contributed by atoms with van der Waals surface area (Å²) in [5.41, 5.74) is 1.32. The van der Waals surface area contributed by atoms with Crippen molar-refractivity contribution in [3.8, 4) is 11.8 Å². The van der Waals surface area contributed by atoms with Crippen LogP contribution in [0.4, 0.5) is 0 Å². The van der Waals surface area contributed by atoms with Gasteiger partial charge < -0.3 is 14.2 Å². The molecule has 0 aliphatic carbocycles. The van der Waals surface area contributed by atoms with Crippen molar-refractivity contribution in [2.75, 3.05) is 20.8 Å². The lowest BCUT2D eigenvalue weighted by atomic mass is 10.1. The molecular weight excluding hydrogens is 242 g/mol. The minimum Gasteiger partial charge on any atom is -0.495 e. The molecule has 0 fully saturated rings. The summed E-state index contributed by atoms with van der Waals surface area (Å²) in [6, 6.07) is 7.59. The van der Waals surface area contributed by atoms with E-state index in [1.54, 1.807) is 26.4 Å². The van der Waals surface area contributed by atoms with Crippen molar-refractivity contribution >= 4 is 0 Å². The van der Waals surface area contributed by atoms with E-state index in [0.717, 1.165) is 12.0 Å². The quantitative estimate of drug-likeness (QED) is 0.710. The minimum absolute atomic E-state index is 0.169. The molecule has 0 aliphatic rings. The predicted molar refractivity (Wildman–Crippen MR) is 73.1 cm³/mol. The average Bonchev–Trinajstić information content (AvgIpc) is 2.43. The molecule has 0 aliphatic heterocycles. The first kappa shape index (κ1) is 15.5. The molecule has 0 N–H and O–H groups in total. The first-order valence-corrected chi connectivity index (χ1v) is 6.22. The second-order valence-corrected chi connectivity index (χ2v) is 4.91. The molecule has 1 aromatic carbocycles. The van der Waals surface area contributed by atoms with Gasteiger partial charge in [0.1, 0.15) is 11.8 Å². The summed E-state index contributed by atoms with van der Waals surface area (Å²) in [6.45, 7) is 5.16. The SMILES string of the molecule is COc1ccc(COCCC(C)(C)OC)cc1C#N. The van der Waals surface area contributed by atoms with Gasteiger partial charge in [-0.2, -0.15) is 5.26 Å². The highest BCUT2D eigenvalue weighted by Gasteiger charge is 2.15. The summed E-state index contributed by atoms with van der Waals surface area (Å²) >= 11 is 0. The lowest BCUT2D eigenvalue weighted by Crippen LogP contribution is -2.24. The molecule has 4 heteroatoms. The minimum atomic E-state index is -0.169. The standard InChI is InChI=1S/C15H21NO3/c1-15(2,18-4)7-8-19-11-12-5-6-14(17-3)13(9-12)10-16/h5-6,9H,7-8,11H2,1-4H3. The Hall–Kier alpha value is -1.57. The molecule has 0 spiro atoms. The number of nitriles is 1. The summed E-state index contributed by atoms with van der Waals surface area (Å²) in [7, 11) is 3.25. The van der Waals surface area contributed by atoms with Crippen LogP contribution in [0.15, 0.2) is 18.2 Å². The molecule has 0 saturated heterocycles. The van der Waals surface area contributed by atoms with E-state index in [9.17, 15) is 0 Å². The molecule has 0 radical (unpaired) electrons. The van der Waals surface area contributed by atoms with Gasteiger partial charge in [0, 0.05) is 13.7 Å². The smallest absolute Gasteiger partial charge is 0.136 e. The van der Waals surface area contributed by atoms with E-state index in [2.05, 4.69) is 6.07 Å². The molecule has 4 nitrogen and oxygen atoms in total. The van der Waals surface area contributed by atoms with Crippen molar-refractivity contribution in [2.24, 2.45) is 0 Å². The Morgan fingerprint density at radius 2 is 2.00 bits per heavy atom. The largest absolute Gasteiger partial charge is 0.495 e. The Bertz CT molecular complexity index is 449. The highest BCUT2D eigenvalue weighted by Crippen LogP contribution is 2.19. The van der Waals surface area contributed by atoms with E-state index in [0.29, 0.717) is 24.5 Å². The second-order valence-electron chi connectivity index (χ2n) is 4.91. The van der Waals surface area contributed by atoms with E-state index in [4.69, 9.17) is 19.5 Å². The fraction of sp³-hybridized carbons (Fsp3) is 0.533. The van der Waals surface area contributed by atoms with Crippen LogP contribution in [-0.2, 0) is 16.1 Å². The Kier molecular flexibility index (Phi) is 5.81. The maximum atomic E-state index is 9.00. The molecular formula is C15H21NO3. The third kappa shape index (κ3) is 4.90. The van der Waals surface area contributed by atoms with Gasteiger partial charge in [-0.05, 0) is 38.0 Å². The van der Waals surface area contributed by atoms with Crippen LogP contribution in [0.25, 0.3) is 0 Å². The van der Waals surface area contributed by atoms with Gasteiger partial charge in [-0.25, -0.2) is 0 Å². The van der Waals surface area contributed by atoms with E-state index in [-0.39, 0.29) is 5.60 Å². The fourth-order valence-corrected chi connectivity index (χ4v) is 1.54. The summed E-state index contributed by atoms with van der Waals surface area (Å²) in [6.07, 6.45) is 0.824. The maximum absolute atomic E-state index is 9.00. The first-order valence-electron chi connectivity index (χ1n) is 6.22. The van der Waals surface area contributed by atoms with Gasteiger partial charge in [0.05, 0.1) is 24.9 Å². The van der Waals surface area contributed by atoms with Crippen molar-refractivity contribution in [1.29, 1.82) is 5.26 Å². The number of methoxy groups -OCH3 is 2. The van der Waals surface area contributed by atoms with E-state index < -0.39 is 0 Å². The molecule has 0 heterocycles. The van der Waals surface area contributed by atoms with Crippen molar-refractivity contribution in [1.82, 2.24) is 0 Å². The van der Waals surface area contributed by atoms with Crippen LogP contribution in [-0.4, -0.2) is 26.4 Å². The molecule has 19 heavy (non-hydrogen) atoms. The molecule has 1 rings (SSSR count). The van der Waals surface area contributed by atoms with Crippen LogP contribution < -0.4 is 4.74 Å². The number of ether oxygens (including phenoxy) is 3. The topological polar surface area (TPSA) is 51.5 Å².